The number of aromatic nitrogens is 2. The average molecular weight is 1000 g/mol. The van der Waals surface area contributed by atoms with Gasteiger partial charge >= 0.3 is 0 Å². The van der Waals surface area contributed by atoms with Crippen LogP contribution in [0.2, 0.25) is 0 Å². The van der Waals surface area contributed by atoms with Gasteiger partial charge in [0.15, 0.2) is 11.5 Å². The quantitative estimate of drug-likeness (QED) is 0.164. The first-order valence-electron chi connectivity index (χ1n) is 26.2. The Labute approximate surface area is 446 Å². The summed E-state index contributed by atoms with van der Waals surface area (Å²) in [6.45, 7) is -0.163. The normalized spacial score (nSPS) is 13.6. The van der Waals surface area contributed by atoms with Crippen LogP contribution >= 0.6 is 11.3 Å². The standard InChI is InChI=1S/C68H40BN5O2S/c1-3-19-41(20-4-1)70-56-33-17-12-28-50(56)69-51-39-57-61(40-60(51)75-62-37-43(35-58(70)65(62)69)71-52-29-13-7-23-45(52)46-24-8-14-30-53(46)71)76-63-38-44(72-54-31-15-9-25-47(54)48-26-10-16-32-55(48)72)36-59-67(63)74(57)68-66(49-27-11-18-34-64(49)77-68)73(59)42-21-5-2-6-22-42/h1-40H. The van der Waals surface area contributed by atoms with Crippen LogP contribution < -0.4 is 40.6 Å². The van der Waals surface area contributed by atoms with Crippen molar-refractivity contribution in [1.82, 2.24) is 9.13 Å². The van der Waals surface area contributed by atoms with Crippen LogP contribution in [-0.2, 0) is 0 Å². The van der Waals surface area contributed by atoms with Gasteiger partial charge in [-0.05, 0) is 95.3 Å². The lowest BCUT2D eigenvalue weighted by Crippen LogP contribution is -2.59. The van der Waals surface area contributed by atoms with E-state index in [9.17, 15) is 0 Å². The number of anilines is 9. The predicted molar refractivity (Wildman–Crippen MR) is 319 cm³/mol. The Balaban J connectivity index is 0.908. The summed E-state index contributed by atoms with van der Waals surface area (Å²) >= 11 is 1.82. The highest BCUT2D eigenvalue weighted by Gasteiger charge is 2.46. The van der Waals surface area contributed by atoms with Crippen molar-refractivity contribution in [2.24, 2.45) is 0 Å². The maximum atomic E-state index is 7.48. The lowest BCUT2D eigenvalue weighted by atomic mass is 9.34. The van der Waals surface area contributed by atoms with E-state index in [0.717, 1.165) is 118 Å². The van der Waals surface area contributed by atoms with Gasteiger partial charge in [-0.15, -0.1) is 11.3 Å². The summed E-state index contributed by atoms with van der Waals surface area (Å²) in [4.78, 5) is 7.39. The highest BCUT2D eigenvalue weighted by Crippen LogP contribution is 2.66. The Kier molecular flexibility index (Phi) is 8.24. The molecule has 4 aliphatic rings. The first-order valence-corrected chi connectivity index (χ1v) is 27.0. The summed E-state index contributed by atoms with van der Waals surface area (Å²) < 4.78 is 21.0. The minimum atomic E-state index is -0.163. The van der Waals surface area contributed by atoms with E-state index in [1.54, 1.807) is 0 Å². The van der Waals surface area contributed by atoms with Gasteiger partial charge in [-0.3, -0.25) is 4.90 Å². The van der Waals surface area contributed by atoms with Gasteiger partial charge in [-0.1, -0.05) is 146 Å². The number of rotatable bonds is 4. The highest BCUT2D eigenvalue weighted by molar-refractivity contribution is 7.24. The molecule has 0 saturated carbocycles. The molecule has 0 unspecified atom stereocenters. The molecule has 4 aliphatic heterocycles. The fraction of sp³-hybridized carbons (Fsp3) is 0. The van der Waals surface area contributed by atoms with E-state index in [0.29, 0.717) is 0 Å². The fourth-order valence-electron chi connectivity index (χ4n) is 13.3. The van der Waals surface area contributed by atoms with Crippen LogP contribution in [0.3, 0.4) is 0 Å². The van der Waals surface area contributed by atoms with Crippen molar-refractivity contribution in [3.63, 3.8) is 0 Å². The van der Waals surface area contributed by atoms with Gasteiger partial charge in [-0.2, -0.15) is 0 Å². The first kappa shape index (κ1) is 41.4. The molecule has 9 heteroatoms. The van der Waals surface area contributed by atoms with Gasteiger partial charge in [-0.25, -0.2) is 0 Å². The van der Waals surface area contributed by atoms with Crippen molar-refractivity contribution < 1.29 is 9.47 Å². The molecule has 7 nitrogen and oxygen atoms in total. The summed E-state index contributed by atoms with van der Waals surface area (Å²) in [6.07, 6.45) is 0. The van der Waals surface area contributed by atoms with Crippen molar-refractivity contribution in [3.05, 3.63) is 243 Å². The third-order valence-corrected chi connectivity index (χ3v) is 17.5. The molecule has 0 aliphatic carbocycles. The van der Waals surface area contributed by atoms with E-state index in [4.69, 9.17) is 9.47 Å². The maximum Gasteiger partial charge on any atom is 0.256 e. The Morgan fingerprint density at radius 1 is 0.312 bits per heavy atom. The Hall–Kier alpha value is -9.96. The Bertz CT molecular complexity index is 4760. The minimum absolute atomic E-state index is 0.163. The molecule has 0 N–H and O–H groups in total. The number of hydrogen-bond donors (Lipinski definition) is 0. The van der Waals surface area contributed by atoms with Gasteiger partial charge < -0.3 is 28.4 Å². The number of hydrogen-bond acceptors (Lipinski definition) is 6. The van der Waals surface area contributed by atoms with E-state index >= 15 is 0 Å². The topological polar surface area (TPSA) is 38.0 Å². The third-order valence-electron chi connectivity index (χ3n) is 16.4. The molecule has 3 aromatic heterocycles. The van der Waals surface area contributed by atoms with Crippen molar-refractivity contribution in [2.45, 2.75) is 0 Å². The van der Waals surface area contributed by atoms with Crippen LogP contribution in [0.4, 0.5) is 50.5 Å². The zero-order valence-corrected chi connectivity index (χ0v) is 41.9. The maximum absolute atomic E-state index is 7.48. The molecule has 7 heterocycles. The van der Waals surface area contributed by atoms with E-state index in [2.05, 4.69) is 266 Å². The zero-order valence-electron chi connectivity index (χ0n) is 41.1. The molecule has 358 valence electrons. The SMILES string of the molecule is c1ccc(N2c3ccccc3B3c4cc5c(cc4Oc4cc(-n6c7ccccc7c7ccccc76)cc2c43)Oc2cc(-n3c4ccccc4c4ccccc43)cc3c2N5c2sc4ccccc4c2N3c2ccccc2)cc1. The molecule has 0 radical (unpaired) electrons. The van der Waals surface area contributed by atoms with Gasteiger partial charge in [0.05, 0.1) is 50.5 Å². The molecule has 0 saturated heterocycles. The van der Waals surface area contributed by atoms with E-state index in [1.807, 2.05) is 11.3 Å². The Morgan fingerprint density at radius 3 is 1.45 bits per heavy atom. The van der Waals surface area contributed by atoms with Crippen LogP contribution in [0.1, 0.15) is 0 Å². The second kappa shape index (κ2) is 15.3. The first-order chi connectivity index (χ1) is 38.2. The van der Waals surface area contributed by atoms with Crippen LogP contribution in [0, 0.1) is 0 Å². The number of nitrogens with zero attached hydrogens (tertiary/aromatic N) is 5. The highest BCUT2D eigenvalue weighted by atomic mass is 32.1. The number of para-hydroxylation sites is 7. The predicted octanol–water partition coefficient (Wildman–Crippen LogP) is 16.9. The van der Waals surface area contributed by atoms with Gasteiger partial charge in [0, 0.05) is 72.6 Å². The summed E-state index contributed by atoms with van der Waals surface area (Å²) in [5, 5.41) is 7.16. The molecule has 0 bridgehead atoms. The average Bonchev–Trinajstić information content (AvgIpc) is 4.34. The van der Waals surface area contributed by atoms with Crippen LogP contribution in [0.15, 0.2) is 243 Å². The summed E-state index contributed by atoms with van der Waals surface area (Å²) in [7, 11) is 0. The van der Waals surface area contributed by atoms with Crippen molar-refractivity contribution in [2.75, 3.05) is 14.7 Å². The second-order valence-electron chi connectivity index (χ2n) is 20.4. The van der Waals surface area contributed by atoms with Crippen LogP contribution in [0.25, 0.3) is 65.1 Å². The lowest BCUT2D eigenvalue weighted by Gasteiger charge is -2.43. The smallest absolute Gasteiger partial charge is 0.256 e. The molecule has 14 aromatic rings. The monoisotopic (exact) mass is 1000 g/mol. The van der Waals surface area contributed by atoms with Crippen LogP contribution in [-0.4, -0.2) is 15.8 Å². The van der Waals surface area contributed by atoms with E-state index in [-0.39, 0.29) is 6.71 Å². The number of thiophene rings is 1. The fourth-order valence-corrected chi connectivity index (χ4v) is 14.5. The molecule has 18 rings (SSSR count). The molecule has 11 aromatic carbocycles. The van der Waals surface area contributed by atoms with E-state index < -0.39 is 0 Å². The van der Waals surface area contributed by atoms with Crippen LogP contribution in [0.5, 0.6) is 23.0 Å². The second-order valence-corrected chi connectivity index (χ2v) is 21.4. The minimum Gasteiger partial charge on any atom is -0.458 e. The van der Waals surface area contributed by atoms with Gasteiger partial charge in [0.25, 0.3) is 6.71 Å². The molecular formula is C68H40BN5O2S. The molecule has 0 fully saturated rings. The summed E-state index contributed by atoms with van der Waals surface area (Å²) in [5.41, 5.74) is 18.6. The molecule has 0 atom stereocenters. The van der Waals surface area contributed by atoms with Gasteiger partial charge in [0.2, 0.25) is 0 Å². The largest absolute Gasteiger partial charge is 0.458 e. The van der Waals surface area contributed by atoms with E-state index in [1.165, 1.54) is 37.1 Å². The molecule has 0 amide bonds. The lowest BCUT2D eigenvalue weighted by molar-refractivity contribution is 0.459. The number of fused-ring (bicyclic) bond motifs is 16. The molecular weight excluding hydrogens is 962 g/mol. The zero-order chi connectivity index (χ0) is 50.0. The molecule has 0 spiro atoms. The third kappa shape index (κ3) is 5.59. The molecule has 77 heavy (non-hydrogen) atoms. The summed E-state index contributed by atoms with van der Waals surface area (Å²) in [6, 6.07) is 88.0. The van der Waals surface area contributed by atoms with Gasteiger partial charge in [0.1, 0.15) is 22.2 Å². The number of ether oxygens (including phenoxy) is 2. The summed E-state index contributed by atoms with van der Waals surface area (Å²) in [5.74, 6) is 3.10. The Morgan fingerprint density at radius 2 is 0.818 bits per heavy atom. The van der Waals surface area contributed by atoms with Crippen molar-refractivity contribution >= 4 is 139 Å². The number of benzene rings is 11. The van der Waals surface area contributed by atoms with Crippen molar-refractivity contribution in [1.29, 1.82) is 0 Å². The van der Waals surface area contributed by atoms with Crippen molar-refractivity contribution in [3.8, 4) is 34.4 Å².